The van der Waals surface area contributed by atoms with E-state index in [2.05, 4.69) is 17.2 Å². The summed E-state index contributed by atoms with van der Waals surface area (Å²) in [5.74, 6) is 5.93. The van der Waals surface area contributed by atoms with E-state index in [9.17, 15) is 4.79 Å². The van der Waals surface area contributed by atoms with Crippen molar-refractivity contribution in [3.05, 3.63) is 65.2 Å². The van der Waals surface area contributed by atoms with Crippen molar-refractivity contribution in [3.8, 4) is 17.6 Å². The summed E-state index contributed by atoms with van der Waals surface area (Å²) >= 11 is 0. The first-order valence-electron chi connectivity index (χ1n) is 8.32. The molecular formula is C21H23NO3. The van der Waals surface area contributed by atoms with Crippen molar-refractivity contribution in [1.29, 1.82) is 0 Å². The molecule has 130 valence electrons. The van der Waals surface area contributed by atoms with Crippen molar-refractivity contribution >= 4 is 5.97 Å². The lowest BCUT2D eigenvalue weighted by Crippen LogP contribution is -2.35. The zero-order chi connectivity index (χ0) is 18.1. The largest absolute Gasteiger partial charge is 0.481 e. The van der Waals surface area contributed by atoms with Crippen LogP contribution < -0.4 is 10.1 Å². The highest BCUT2D eigenvalue weighted by Crippen LogP contribution is 2.20. The smallest absolute Gasteiger partial charge is 0.320 e. The van der Waals surface area contributed by atoms with E-state index in [1.165, 1.54) is 0 Å². The third kappa shape index (κ3) is 5.98. The van der Waals surface area contributed by atoms with Crippen LogP contribution >= 0.6 is 0 Å². The van der Waals surface area contributed by atoms with E-state index in [0.717, 1.165) is 22.4 Å². The van der Waals surface area contributed by atoms with Crippen LogP contribution in [0, 0.1) is 18.8 Å². The van der Waals surface area contributed by atoms with E-state index in [-0.39, 0.29) is 6.61 Å². The lowest BCUT2D eigenvalue weighted by molar-refractivity contribution is -0.139. The van der Waals surface area contributed by atoms with Gasteiger partial charge in [-0.2, -0.15) is 0 Å². The molecule has 0 radical (unpaired) electrons. The molecular weight excluding hydrogens is 314 g/mol. The van der Waals surface area contributed by atoms with Gasteiger partial charge in [-0.3, -0.25) is 4.79 Å². The Balaban J connectivity index is 2.00. The van der Waals surface area contributed by atoms with Crippen molar-refractivity contribution in [3.63, 3.8) is 0 Å². The Hall–Kier alpha value is -2.77. The Bertz CT molecular complexity index is 760. The van der Waals surface area contributed by atoms with Gasteiger partial charge in [0.05, 0.1) is 0 Å². The van der Waals surface area contributed by atoms with E-state index in [1.807, 2.05) is 62.4 Å². The van der Waals surface area contributed by atoms with Gasteiger partial charge in [0.2, 0.25) is 0 Å². The number of aliphatic carboxylic acids is 1. The summed E-state index contributed by atoms with van der Waals surface area (Å²) in [7, 11) is 0. The van der Waals surface area contributed by atoms with Crippen LogP contribution in [0.25, 0.3) is 0 Å². The van der Waals surface area contributed by atoms with Gasteiger partial charge < -0.3 is 15.2 Å². The molecule has 25 heavy (non-hydrogen) atoms. The van der Waals surface area contributed by atoms with Crippen LogP contribution in [0.3, 0.4) is 0 Å². The number of hydrogen-bond donors (Lipinski definition) is 2. The molecule has 0 fully saturated rings. The molecule has 0 bridgehead atoms. The van der Waals surface area contributed by atoms with E-state index in [1.54, 1.807) is 0 Å². The molecule has 0 spiro atoms. The number of hydrogen-bond acceptors (Lipinski definition) is 3. The first-order chi connectivity index (χ1) is 12.1. The summed E-state index contributed by atoms with van der Waals surface area (Å²) in [5, 5.41) is 12.2. The lowest BCUT2D eigenvalue weighted by Gasteiger charge is -2.15. The van der Waals surface area contributed by atoms with Gasteiger partial charge in [-0.15, -0.1) is 0 Å². The van der Waals surface area contributed by atoms with Crippen molar-refractivity contribution in [2.75, 3.05) is 6.61 Å². The van der Waals surface area contributed by atoms with Gasteiger partial charge in [-0.05, 0) is 31.5 Å². The standard InChI is InChI=1S/C21H23NO3/c1-3-19(21(23)24)22-15-18-14-16(2)11-12-20(18)25-13-7-10-17-8-5-4-6-9-17/h4-6,8-9,11-12,14,19,22H,3,13,15H2,1-2H3,(H,23,24). The molecule has 2 aromatic carbocycles. The molecule has 2 rings (SSSR count). The van der Waals surface area contributed by atoms with E-state index in [0.29, 0.717) is 13.0 Å². The molecule has 0 heterocycles. The van der Waals surface area contributed by atoms with Crippen LogP contribution in [-0.2, 0) is 11.3 Å². The summed E-state index contributed by atoms with van der Waals surface area (Å²) in [6.45, 7) is 4.56. The quantitative estimate of drug-likeness (QED) is 0.761. The number of carboxylic acids is 1. The molecule has 0 aliphatic carbocycles. The molecule has 4 nitrogen and oxygen atoms in total. The Morgan fingerprint density at radius 1 is 1.24 bits per heavy atom. The third-order valence-electron chi connectivity index (χ3n) is 3.77. The molecule has 0 aromatic heterocycles. The highest BCUT2D eigenvalue weighted by Gasteiger charge is 2.15. The minimum Gasteiger partial charge on any atom is -0.481 e. The third-order valence-corrected chi connectivity index (χ3v) is 3.77. The fourth-order valence-corrected chi connectivity index (χ4v) is 2.40. The number of carboxylic acid groups (broad SMARTS) is 1. The minimum absolute atomic E-state index is 0.279. The van der Waals surface area contributed by atoms with Gasteiger partial charge in [-0.25, -0.2) is 0 Å². The van der Waals surface area contributed by atoms with Crippen LogP contribution in [0.1, 0.15) is 30.0 Å². The fraction of sp³-hybridized carbons (Fsp3) is 0.286. The highest BCUT2D eigenvalue weighted by atomic mass is 16.5. The highest BCUT2D eigenvalue weighted by molar-refractivity contribution is 5.73. The summed E-state index contributed by atoms with van der Waals surface area (Å²) in [5.41, 5.74) is 2.98. The van der Waals surface area contributed by atoms with Crippen LogP contribution in [0.2, 0.25) is 0 Å². The molecule has 1 unspecified atom stereocenters. The summed E-state index contributed by atoms with van der Waals surface area (Å²) in [6.07, 6.45) is 0.528. The molecule has 0 aliphatic rings. The number of rotatable bonds is 7. The van der Waals surface area contributed by atoms with E-state index < -0.39 is 12.0 Å². The number of aryl methyl sites for hydroxylation is 1. The topological polar surface area (TPSA) is 58.6 Å². The summed E-state index contributed by atoms with van der Waals surface area (Å²) in [6, 6.07) is 15.1. The predicted molar refractivity (Wildman–Crippen MR) is 98.5 cm³/mol. The predicted octanol–water partition coefficient (Wildman–Crippen LogP) is 3.38. The van der Waals surface area contributed by atoms with E-state index in [4.69, 9.17) is 9.84 Å². The van der Waals surface area contributed by atoms with Gasteiger partial charge in [0, 0.05) is 17.7 Å². The van der Waals surface area contributed by atoms with Crippen LogP contribution in [0.4, 0.5) is 0 Å². The van der Waals surface area contributed by atoms with Crippen molar-refractivity contribution in [1.82, 2.24) is 5.32 Å². The molecule has 2 N–H and O–H groups in total. The molecule has 0 aliphatic heterocycles. The maximum atomic E-state index is 11.1. The van der Waals surface area contributed by atoms with Gasteiger partial charge in [0.25, 0.3) is 0 Å². The maximum absolute atomic E-state index is 11.1. The van der Waals surface area contributed by atoms with E-state index >= 15 is 0 Å². The number of ether oxygens (including phenoxy) is 1. The van der Waals surface area contributed by atoms with Gasteiger partial charge in [0.1, 0.15) is 18.4 Å². The van der Waals surface area contributed by atoms with Crippen LogP contribution in [0.15, 0.2) is 48.5 Å². The van der Waals surface area contributed by atoms with Crippen LogP contribution in [-0.4, -0.2) is 23.7 Å². The first kappa shape index (κ1) is 18.6. The monoisotopic (exact) mass is 337 g/mol. The zero-order valence-electron chi connectivity index (χ0n) is 14.6. The number of nitrogens with one attached hydrogen (secondary N) is 1. The Labute approximate surface area is 148 Å². The molecule has 1 atom stereocenters. The maximum Gasteiger partial charge on any atom is 0.320 e. The summed E-state index contributed by atoms with van der Waals surface area (Å²) < 4.78 is 5.78. The normalized spacial score (nSPS) is 11.3. The number of carbonyl (C=O) groups is 1. The first-order valence-corrected chi connectivity index (χ1v) is 8.32. The lowest BCUT2D eigenvalue weighted by atomic mass is 10.1. The van der Waals surface area contributed by atoms with Gasteiger partial charge in [-0.1, -0.05) is 54.7 Å². The fourth-order valence-electron chi connectivity index (χ4n) is 2.40. The Kier molecular flexibility index (Phi) is 7.06. The Morgan fingerprint density at radius 2 is 2.00 bits per heavy atom. The van der Waals surface area contributed by atoms with Crippen molar-refractivity contribution < 1.29 is 14.6 Å². The Morgan fingerprint density at radius 3 is 2.68 bits per heavy atom. The van der Waals surface area contributed by atoms with Crippen LogP contribution in [0.5, 0.6) is 5.75 Å². The minimum atomic E-state index is -0.841. The molecule has 0 amide bonds. The van der Waals surface area contributed by atoms with Gasteiger partial charge in [0.15, 0.2) is 0 Å². The SMILES string of the molecule is CCC(NCc1cc(C)ccc1OCC#Cc1ccccc1)C(=O)O. The second kappa shape index (κ2) is 9.51. The molecule has 0 saturated carbocycles. The summed E-state index contributed by atoms with van der Waals surface area (Å²) in [4.78, 5) is 11.1. The molecule has 0 saturated heterocycles. The second-order valence-corrected chi connectivity index (χ2v) is 5.75. The molecule has 4 heteroatoms. The van der Waals surface area contributed by atoms with Gasteiger partial charge >= 0.3 is 5.97 Å². The zero-order valence-corrected chi connectivity index (χ0v) is 14.6. The second-order valence-electron chi connectivity index (χ2n) is 5.75. The average molecular weight is 337 g/mol. The molecule has 2 aromatic rings. The van der Waals surface area contributed by atoms with Crippen molar-refractivity contribution in [2.24, 2.45) is 0 Å². The average Bonchev–Trinajstić information content (AvgIpc) is 2.61. The number of benzene rings is 2. The van der Waals surface area contributed by atoms with Crippen molar-refractivity contribution in [2.45, 2.75) is 32.9 Å².